The molecule has 0 unspecified atom stereocenters. The molecule has 0 amide bonds. The number of hydrogen-bond donors (Lipinski definition) is 0. The lowest BCUT2D eigenvalue weighted by Crippen LogP contribution is -2.31. The molecule has 0 radical (unpaired) electrons. The molecule has 0 N–H and O–H groups in total. The number of rotatable bonds is 2. The highest BCUT2D eigenvalue weighted by Gasteiger charge is 2.15. The van der Waals surface area contributed by atoms with Gasteiger partial charge in [0.2, 0.25) is 0 Å². The lowest BCUT2D eigenvalue weighted by Gasteiger charge is -2.07. The molecule has 0 saturated heterocycles. The van der Waals surface area contributed by atoms with Gasteiger partial charge < -0.3 is 4.42 Å². The number of benzene rings is 2. The SMILES string of the molecule is Cc1ccc(-n2c(=O)oc3ccc([N+](=O)[O-])cc3c2=O)cc1C. The summed E-state index contributed by atoms with van der Waals surface area (Å²) in [5.74, 6) is -0.834. The van der Waals surface area contributed by atoms with Crippen molar-refractivity contribution >= 4 is 16.7 Å². The Morgan fingerprint density at radius 2 is 1.78 bits per heavy atom. The van der Waals surface area contributed by atoms with Gasteiger partial charge in [0.05, 0.1) is 16.0 Å². The van der Waals surface area contributed by atoms with Crippen LogP contribution in [-0.4, -0.2) is 9.49 Å². The molecule has 0 saturated carbocycles. The van der Waals surface area contributed by atoms with E-state index in [1.54, 1.807) is 18.2 Å². The summed E-state index contributed by atoms with van der Waals surface area (Å²) < 4.78 is 5.99. The number of aryl methyl sites for hydroxylation is 2. The number of fused-ring (bicyclic) bond motifs is 1. The van der Waals surface area contributed by atoms with Gasteiger partial charge in [-0.25, -0.2) is 9.36 Å². The molecule has 1 heterocycles. The van der Waals surface area contributed by atoms with E-state index < -0.39 is 16.2 Å². The highest BCUT2D eigenvalue weighted by Crippen LogP contribution is 2.18. The van der Waals surface area contributed by atoms with E-state index in [2.05, 4.69) is 0 Å². The predicted molar refractivity (Wildman–Crippen MR) is 84.2 cm³/mol. The average molecular weight is 312 g/mol. The minimum atomic E-state index is -0.834. The molecule has 23 heavy (non-hydrogen) atoms. The summed E-state index contributed by atoms with van der Waals surface area (Å²) in [5, 5.41) is 10.8. The molecule has 0 bridgehead atoms. The Morgan fingerprint density at radius 3 is 2.43 bits per heavy atom. The Kier molecular flexibility index (Phi) is 3.33. The molecule has 3 aromatic rings. The molecule has 7 heteroatoms. The molecular formula is C16H12N2O5. The van der Waals surface area contributed by atoms with Crippen LogP contribution in [0.5, 0.6) is 0 Å². The minimum absolute atomic E-state index is 0.0166. The number of hydrogen-bond acceptors (Lipinski definition) is 5. The molecule has 0 fully saturated rings. The van der Waals surface area contributed by atoms with Crippen LogP contribution in [0.2, 0.25) is 0 Å². The zero-order valence-corrected chi connectivity index (χ0v) is 12.4. The van der Waals surface area contributed by atoms with Gasteiger partial charge in [0.1, 0.15) is 5.58 Å². The van der Waals surface area contributed by atoms with Crippen LogP contribution in [0.25, 0.3) is 16.7 Å². The van der Waals surface area contributed by atoms with Crippen molar-refractivity contribution in [3.8, 4) is 5.69 Å². The van der Waals surface area contributed by atoms with Gasteiger partial charge in [-0.3, -0.25) is 14.9 Å². The van der Waals surface area contributed by atoms with Crippen molar-refractivity contribution in [1.82, 2.24) is 4.57 Å². The zero-order valence-electron chi connectivity index (χ0n) is 12.4. The highest BCUT2D eigenvalue weighted by atomic mass is 16.6. The molecule has 0 aliphatic heterocycles. The lowest BCUT2D eigenvalue weighted by atomic mass is 10.1. The van der Waals surface area contributed by atoms with Gasteiger partial charge >= 0.3 is 5.76 Å². The third-order valence-electron chi connectivity index (χ3n) is 3.74. The second-order valence-corrected chi connectivity index (χ2v) is 5.21. The van der Waals surface area contributed by atoms with E-state index in [9.17, 15) is 19.7 Å². The normalized spacial score (nSPS) is 10.9. The molecule has 0 atom stereocenters. The summed E-state index contributed by atoms with van der Waals surface area (Å²) in [5.41, 5.74) is 1.42. The fourth-order valence-electron chi connectivity index (χ4n) is 2.32. The van der Waals surface area contributed by atoms with E-state index >= 15 is 0 Å². The van der Waals surface area contributed by atoms with Crippen molar-refractivity contribution in [2.45, 2.75) is 13.8 Å². The van der Waals surface area contributed by atoms with Crippen molar-refractivity contribution in [2.75, 3.05) is 0 Å². The van der Waals surface area contributed by atoms with Gasteiger partial charge in [-0.1, -0.05) is 6.07 Å². The Balaban J connectivity index is 2.36. The Hall–Kier alpha value is -3.22. The second-order valence-electron chi connectivity index (χ2n) is 5.21. The third kappa shape index (κ3) is 2.42. The summed E-state index contributed by atoms with van der Waals surface area (Å²) >= 11 is 0. The number of nitro benzene ring substituents is 1. The molecule has 1 aromatic heterocycles. The smallest absolute Gasteiger partial charge is 0.409 e. The first-order valence-electron chi connectivity index (χ1n) is 6.80. The molecule has 7 nitrogen and oxygen atoms in total. The van der Waals surface area contributed by atoms with Gasteiger partial charge in [-0.05, 0) is 43.2 Å². The number of nitro groups is 1. The predicted octanol–water partition coefficient (Wildman–Crippen LogP) is 2.47. The average Bonchev–Trinajstić information content (AvgIpc) is 2.50. The van der Waals surface area contributed by atoms with E-state index in [1.807, 2.05) is 13.8 Å². The number of non-ortho nitro benzene ring substituents is 1. The van der Waals surface area contributed by atoms with Crippen molar-refractivity contribution < 1.29 is 9.34 Å². The summed E-state index contributed by atoms with van der Waals surface area (Å²) in [6.45, 7) is 3.77. The lowest BCUT2D eigenvalue weighted by molar-refractivity contribution is -0.384. The topological polar surface area (TPSA) is 95.3 Å². The first-order valence-corrected chi connectivity index (χ1v) is 6.80. The van der Waals surface area contributed by atoms with Gasteiger partial charge in [-0.2, -0.15) is 0 Å². The molecular weight excluding hydrogens is 300 g/mol. The molecule has 0 aliphatic rings. The van der Waals surface area contributed by atoms with Crippen LogP contribution in [0.3, 0.4) is 0 Å². The molecule has 0 spiro atoms. The summed E-state index contributed by atoms with van der Waals surface area (Å²) in [6.07, 6.45) is 0. The van der Waals surface area contributed by atoms with Crippen LogP contribution >= 0.6 is 0 Å². The standard InChI is InChI=1S/C16H12N2O5/c1-9-3-4-11(7-10(9)2)17-15(19)13-8-12(18(21)22)5-6-14(13)23-16(17)20/h3-8H,1-2H3. The number of aromatic nitrogens is 1. The van der Waals surface area contributed by atoms with E-state index in [0.717, 1.165) is 21.8 Å². The van der Waals surface area contributed by atoms with Crippen molar-refractivity contribution in [3.63, 3.8) is 0 Å². The third-order valence-corrected chi connectivity index (χ3v) is 3.74. The maximum Gasteiger partial charge on any atom is 0.426 e. The second kappa shape index (κ2) is 5.20. The van der Waals surface area contributed by atoms with Crippen LogP contribution in [0.1, 0.15) is 11.1 Å². The van der Waals surface area contributed by atoms with Gasteiger partial charge in [0.15, 0.2) is 0 Å². The van der Waals surface area contributed by atoms with Crippen LogP contribution in [0.4, 0.5) is 5.69 Å². The fraction of sp³-hybridized carbons (Fsp3) is 0.125. The van der Waals surface area contributed by atoms with Crippen LogP contribution in [0.15, 0.2) is 50.4 Å². The molecule has 2 aromatic carbocycles. The first kappa shape index (κ1) is 14.7. The highest BCUT2D eigenvalue weighted by molar-refractivity contribution is 5.78. The quantitative estimate of drug-likeness (QED) is 0.535. The van der Waals surface area contributed by atoms with Crippen molar-refractivity contribution in [2.24, 2.45) is 0 Å². The van der Waals surface area contributed by atoms with E-state index in [1.165, 1.54) is 12.1 Å². The van der Waals surface area contributed by atoms with Crippen molar-refractivity contribution in [3.05, 3.63) is 78.5 Å². The summed E-state index contributed by atoms with van der Waals surface area (Å²) in [6, 6.07) is 8.65. The fourth-order valence-corrected chi connectivity index (χ4v) is 2.32. The molecule has 3 rings (SSSR count). The Morgan fingerprint density at radius 1 is 1.04 bits per heavy atom. The maximum atomic E-state index is 12.6. The molecule has 0 aliphatic carbocycles. The van der Waals surface area contributed by atoms with Crippen LogP contribution < -0.4 is 11.3 Å². The minimum Gasteiger partial charge on any atom is -0.409 e. The Bertz CT molecular complexity index is 1060. The van der Waals surface area contributed by atoms with Gasteiger partial charge in [0.25, 0.3) is 11.2 Å². The Labute approximate surface area is 129 Å². The summed E-state index contributed by atoms with van der Waals surface area (Å²) in [4.78, 5) is 35.0. The van der Waals surface area contributed by atoms with Crippen molar-refractivity contribution in [1.29, 1.82) is 0 Å². The van der Waals surface area contributed by atoms with Crippen LogP contribution in [-0.2, 0) is 0 Å². The molecule has 116 valence electrons. The van der Waals surface area contributed by atoms with E-state index in [-0.39, 0.29) is 16.7 Å². The zero-order chi connectivity index (χ0) is 16.7. The van der Waals surface area contributed by atoms with Gasteiger partial charge in [-0.15, -0.1) is 0 Å². The van der Waals surface area contributed by atoms with E-state index in [0.29, 0.717) is 5.69 Å². The first-order chi connectivity index (χ1) is 10.9. The van der Waals surface area contributed by atoms with E-state index in [4.69, 9.17) is 4.42 Å². The van der Waals surface area contributed by atoms with Gasteiger partial charge in [0, 0.05) is 12.1 Å². The largest absolute Gasteiger partial charge is 0.426 e. The van der Waals surface area contributed by atoms with Crippen LogP contribution in [0, 0.1) is 24.0 Å². The monoisotopic (exact) mass is 312 g/mol. The summed E-state index contributed by atoms with van der Waals surface area (Å²) in [7, 11) is 0. The number of nitrogens with zero attached hydrogens (tertiary/aromatic N) is 2. The maximum absolute atomic E-state index is 12.6.